The summed E-state index contributed by atoms with van der Waals surface area (Å²) >= 11 is 0. The summed E-state index contributed by atoms with van der Waals surface area (Å²) < 4.78 is 16.0. The molecule has 0 saturated heterocycles. The molecular weight excluding hydrogens is 266 g/mol. The first kappa shape index (κ1) is 15.2. The monoisotopic (exact) mass is 287 g/mol. The van der Waals surface area contributed by atoms with Crippen LogP contribution in [0.15, 0.2) is 30.3 Å². The molecule has 0 aliphatic heterocycles. The van der Waals surface area contributed by atoms with Crippen molar-refractivity contribution >= 4 is 0 Å². The summed E-state index contributed by atoms with van der Waals surface area (Å²) in [4.78, 5) is 0. The number of rotatable bonds is 5. The molecular formula is C17H21NO3. The van der Waals surface area contributed by atoms with Crippen LogP contribution in [0.1, 0.15) is 11.1 Å². The lowest BCUT2D eigenvalue weighted by atomic mass is 9.97. The molecule has 4 nitrogen and oxygen atoms in total. The first-order valence-corrected chi connectivity index (χ1v) is 6.74. The minimum Gasteiger partial charge on any atom is -0.496 e. The molecule has 2 aromatic carbocycles. The van der Waals surface area contributed by atoms with E-state index in [0.29, 0.717) is 18.0 Å². The van der Waals surface area contributed by atoms with Crippen molar-refractivity contribution in [3.8, 4) is 28.4 Å². The molecule has 112 valence electrons. The number of hydrogen-bond acceptors (Lipinski definition) is 4. The Bertz CT molecular complexity index is 638. The van der Waals surface area contributed by atoms with Crippen molar-refractivity contribution in [3.63, 3.8) is 0 Å². The molecule has 21 heavy (non-hydrogen) atoms. The lowest BCUT2D eigenvalue weighted by Gasteiger charge is -2.15. The zero-order valence-corrected chi connectivity index (χ0v) is 12.9. The summed E-state index contributed by atoms with van der Waals surface area (Å²) in [5.41, 5.74) is 10.1. The second-order valence-electron chi connectivity index (χ2n) is 4.75. The van der Waals surface area contributed by atoms with Crippen molar-refractivity contribution in [2.45, 2.75) is 13.5 Å². The maximum absolute atomic E-state index is 5.88. The van der Waals surface area contributed by atoms with Crippen LogP contribution in [0.5, 0.6) is 17.2 Å². The van der Waals surface area contributed by atoms with E-state index in [1.165, 1.54) is 0 Å². The van der Waals surface area contributed by atoms with Crippen LogP contribution in [0.4, 0.5) is 0 Å². The molecule has 4 heteroatoms. The number of nitrogens with two attached hydrogens (primary N) is 1. The molecule has 0 saturated carbocycles. The highest BCUT2D eigenvalue weighted by Crippen LogP contribution is 2.36. The molecule has 0 radical (unpaired) electrons. The number of ether oxygens (including phenoxy) is 3. The van der Waals surface area contributed by atoms with Crippen LogP contribution in [-0.2, 0) is 6.54 Å². The molecule has 0 spiro atoms. The summed E-state index contributed by atoms with van der Waals surface area (Å²) in [5, 5.41) is 0. The zero-order chi connectivity index (χ0) is 15.4. The fourth-order valence-corrected chi connectivity index (χ4v) is 2.40. The van der Waals surface area contributed by atoms with E-state index in [4.69, 9.17) is 19.9 Å². The zero-order valence-electron chi connectivity index (χ0n) is 12.9. The van der Waals surface area contributed by atoms with Gasteiger partial charge in [-0.25, -0.2) is 0 Å². The average Bonchev–Trinajstić information content (AvgIpc) is 2.53. The van der Waals surface area contributed by atoms with Crippen LogP contribution >= 0.6 is 0 Å². The Kier molecular flexibility index (Phi) is 4.70. The number of hydrogen-bond donors (Lipinski definition) is 1. The van der Waals surface area contributed by atoms with E-state index in [1.807, 2.05) is 31.2 Å². The van der Waals surface area contributed by atoms with Crippen LogP contribution in [0, 0.1) is 6.92 Å². The van der Waals surface area contributed by atoms with E-state index in [0.717, 1.165) is 28.0 Å². The van der Waals surface area contributed by atoms with Gasteiger partial charge in [0, 0.05) is 6.54 Å². The Morgan fingerprint density at radius 1 is 0.857 bits per heavy atom. The second kappa shape index (κ2) is 6.50. The molecule has 0 unspecified atom stereocenters. The standard InChI is InChI=1S/C17H21NO3/c1-11-7-12(5-6-15(11)19-2)14-9-17(21-4)16(20-3)8-13(14)10-18/h5-9H,10,18H2,1-4H3. The smallest absolute Gasteiger partial charge is 0.161 e. The number of benzene rings is 2. The van der Waals surface area contributed by atoms with Gasteiger partial charge >= 0.3 is 0 Å². The van der Waals surface area contributed by atoms with Crippen molar-refractivity contribution in [2.24, 2.45) is 5.73 Å². The first-order valence-electron chi connectivity index (χ1n) is 6.74. The fourth-order valence-electron chi connectivity index (χ4n) is 2.40. The highest BCUT2D eigenvalue weighted by atomic mass is 16.5. The molecule has 0 heterocycles. The van der Waals surface area contributed by atoms with Crippen molar-refractivity contribution in [3.05, 3.63) is 41.5 Å². The van der Waals surface area contributed by atoms with E-state index in [1.54, 1.807) is 21.3 Å². The quantitative estimate of drug-likeness (QED) is 0.918. The van der Waals surface area contributed by atoms with E-state index in [-0.39, 0.29) is 0 Å². The summed E-state index contributed by atoms with van der Waals surface area (Å²) in [7, 11) is 4.92. The van der Waals surface area contributed by atoms with E-state index in [9.17, 15) is 0 Å². The van der Waals surface area contributed by atoms with Gasteiger partial charge in [-0.15, -0.1) is 0 Å². The van der Waals surface area contributed by atoms with Gasteiger partial charge in [-0.2, -0.15) is 0 Å². The van der Waals surface area contributed by atoms with Gasteiger partial charge in [0.2, 0.25) is 0 Å². The van der Waals surface area contributed by atoms with Crippen LogP contribution < -0.4 is 19.9 Å². The number of aryl methyl sites for hydroxylation is 1. The SMILES string of the molecule is COc1ccc(-c2cc(OC)c(OC)cc2CN)cc1C. The maximum atomic E-state index is 5.88. The first-order chi connectivity index (χ1) is 10.1. The molecule has 0 atom stereocenters. The predicted molar refractivity (Wildman–Crippen MR) is 84.2 cm³/mol. The third-order valence-electron chi connectivity index (χ3n) is 3.54. The van der Waals surface area contributed by atoms with Gasteiger partial charge in [0.05, 0.1) is 21.3 Å². The average molecular weight is 287 g/mol. The molecule has 2 rings (SSSR count). The van der Waals surface area contributed by atoms with Crippen molar-refractivity contribution in [1.82, 2.24) is 0 Å². The summed E-state index contributed by atoms with van der Waals surface area (Å²) in [6.45, 7) is 2.45. The molecule has 2 aromatic rings. The van der Waals surface area contributed by atoms with Gasteiger partial charge in [-0.1, -0.05) is 6.07 Å². The molecule has 0 amide bonds. The third-order valence-corrected chi connectivity index (χ3v) is 3.54. The van der Waals surface area contributed by atoms with Crippen LogP contribution in [0.2, 0.25) is 0 Å². The Labute approximate surface area is 125 Å². The van der Waals surface area contributed by atoms with Gasteiger partial charge in [0.1, 0.15) is 5.75 Å². The normalized spacial score (nSPS) is 10.3. The molecule has 0 aliphatic rings. The third kappa shape index (κ3) is 2.95. The second-order valence-corrected chi connectivity index (χ2v) is 4.75. The lowest BCUT2D eigenvalue weighted by molar-refractivity contribution is 0.354. The van der Waals surface area contributed by atoms with E-state index >= 15 is 0 Å². The highest BCUT2D eigenvalue weighted by Gasteiger charge is 2.12. The van der Waals surface area contributed by atoms with Gasteiger partial charge in [0.25, 0.3) is 0 Å². The minimum absolute atomic E-state index is 0.431. The molecule has 0 aliphatic carbocycles. The van der Waals surface area contributed by atoms with Crippen molar-refractivity contribution in [1.29, 1.82) is 0 Å². The fraction of sp³-hybridized carbons (Fsp3) is 0.294. The van der Waals surface area contributed by atoms with Crippen LogP contribution in [0.3, 0.4) is 0 Å². The van der Waals surface area contributed by atoms with Crippen molar-refractivity contribution < 1.29 is 14.2 Å². The minimum atomic E-state index is 0.431. The van der Waals surface area contributed by atoms with E-state index in [2.05, 4.69) is 6.07 Å². The van der Waals surface area contributed by atoms with Crippen LogP contribution in [0.25, 0.3) is 11.1 Å². The Balaban J connectivity index is 2.59. The predicted octanol–water partition coefficient (Wildman–Crippen LogP) is 3.15. The molecule has 0 bridgehead atoms. The highest BCUT2D eigenvalue weighted by molar-refractivity contribution is 5.72. The summed E-state index contributed by atoms with van der Waals surface area (Å²) in [6, 6.07) is 9.95. The topological polar surface area (TPSA) is 53.7 Å². The Morgan fingerprint density at radius 2 is 1.48 bits per heavy atom. The Morgan fingerprint density at radius 3 is 2.00 bits per heavy atom. The van der Waals surface area contributed by atoms with Gasteiger partial charge in [-0.3, -0.25) is 0 Å². The van der Waals surface area contributed by atoms with E-state index < -0.39 is 0 Å². The van der Waals surface area contributed by atoms with Gasteiger partial charge < -0.3 is 19.9 Å². The van der Waals surface area contributed by atoms with Crippen molar-refractivity contribution in [2.75, 3.05) is 21.3 Å². The molecule has 0 fully saturated rings. The maximum Gasteiger partial charge on any atom is 0.161 e. The molecule has 0 aromatic heterocycles. The van der Waals surface area contributed by atoms with Gasteiger partial charge in [-0.05, 0) is 53.4 Å². The summed E-state index contributed by atoms with van der Waals surface area (Å²) in [5.74, 6) is 2.25. The summed E-state index contributed by atoms with van der Waals surface area (Å²) in [6.07, 6.45) is 0. The molecule has 2 N–H and O–H groups in total. The van der Waals surface area contributed by atoms with Crippen LogP contribution in [-0.4, -0.2) is 21.3 Å². The lowest BCUT2D eigenvalue weighted by Crippen LogP contribution is -2.02. The largest absolute Gasteiger partial charge is 0.496 e. The number of methoxy groups -OCH3 is 3. The van der Waals surface area contributed by atoms with Gasteiger partial charge in [0.15, 0.2) is 11.5 Å². The Hall–Kier alpha value is -2.20.